The number of hydrogen-bond acceptors (Lipinski definition) is 4. The molecular formula is C23H33ClO4. The summed E-state index contributed by atoms with van der Waals surface area (Å²) in [5, 5.41) is 0. The van der Waals surface area contributed by atoms with Crippen LogP contribution in [0, 0.1) is 34.5 Å². The number of esters is 1. The summed E-state index contributed by atoms with van der Waals surface area (Å²) in [5.41, 5.74) is 1.61. The molecule has 0 bridgehead atoms. The lowest BCUT2D eigenvalue weighted by atomic mass is 9.46. The summed E-state index contributed by atoms with van der Waals surface area (Å²) in [6.45, 7) is 6.00. The first-order valence-electron chi connectivity index (χ1n) is 10.7. The fourth-order valence-electron chi connectivity index (χ4n) is 7.36. The Balaban J connectivity index is 0.00000225. The molecule has 156 valence electrons. The van der Waals surface area contributed by atoms with Crippen LogP contribution in [0.25, 0.3) is 0 Å². The highest BCUT2D eigenvalue weighted by Gasteiger charge is 2.60. The molecule has 0 unspecified atom stereocenters. The fraction of sp³-hybridized carbons (Fsp3) is 0.783. The number of halogens is 1. The van der Waals surface area contributed by atoms with E-state index >= 15 is 0 Å². The van der Waals surface area contributed by atoms with Crippen LogP contribution in [-0.4, -0.2) is 24.1 Å². The minimum atomic E-state index is -0.377. The molecule has 0 aromatic rings. The van der Waals surface area contributed by atoms with Crippen molar-refractivity contribution < 1.29 is 19.1 Å². The first-order chi connectivity index (χ1) is 12.8. The van der Waals surface area contributed by atoms with Crippen LogP contribution in [0.5, 0.6) is 0 Å². The fourth-order valence-corrected chi connectivity index (χ4v) is 7.36. The molecule has 4 rings (SSSR count). The number of allylic oxidation sites excluding steroid dienone is 1. The number of ether oxygens (including phenoxy) is 1. The van der Waals surface area contributed by atoms with Gasteiger partial charge in [0.2, 0.25) is 0 Å². The van der Waals surface area contributed by atoms with Gasteiger partial charge < -0.3 is 4.74 Å². The van der Waals surface area contributed by atoms with Crippen LogP contribution < -0.4 is 0 Å². The molecule has 0 heterocycles. The number of Topliss-reactive ketones (excluding diaryl/α,β-unsaturated/α-hetero) is 1. The summed E-state index contributed by atoms with van der Waals surface area (Å²) < 4.78 is 5.02. The molecule has 0 aromatic carbocycles. The Labute approximate surface area is 174 Å². The molecular weight excluding hydrogens is 376 g/mol. The number of rotatable bonds is 3. The van der Waals surface area contributed by atoms with E-state index in [1.165, 1.54) is 12.5 Å². The van der Waals surface area contributed by atoms with Gasteiger partial charge in [-0.2, -0.15) is 0 Å². The van der Waals surface area contributed by atoms with Gasteiger partial charge in [-0.25, -0.2) is 0 Å². The second-order valence-electron chi connectivity index (χ2n) is 9.89. The maximum atomic E-state index is 12.8. The molecule has 4 nitrogen and oxygen atoms in total. The lowest BCUT2D eigenvalue weighted by Gasteiger charge is -2.58. The van der Waals surface area contributed by atoms with Crippen LogP contribution >= 0.6 is 12.4 Å². The average molecular weight is 409 g/mol. The molecule has 0 saturated heterocycles. The van der Waals surface area contributed by atoms with E-state index in [1.807, 2.05) is 6.08 Å². The molecule has 4 aliphatic rings. The Kier molecular flexibility index (Phi) is 5.84. The summed E-state index contributed by atoms with van der Waals surface area (Å²) in [4.78, 5) is 35.8. The Morgan fingerprint density at radius 3 is 2.54 bits per heavy atom. The molecule has 6 atom stereocenters. The third-order valence-electron chi connectivity index (χ3n) is 8.77. The van der Waals surface area contributed by atoms with Gasteiger partial charge in [0.1, 0.15) is 6.61 Å². The van der Waals surface area contributed by atoms with Gasteiger partial charge in [-0.05, 0) is 79.6 Å². The van der Waals surface area contributed by atoms with Crippen molar-refractivity contribution >= 4 is 29.9 Å². The highest BCUT2D eigenvalue weighted by Crippen LogP contribution is 2.66. The SMILES string of the molecule is CC(=O)OCC(=O)[C@H]1CC[C@H]2[C@@H]3CCC4=CC(=O)CC[C@]4(C)[C@H]3CC[C@]12C.Cl. The Bertz CT molecular complexity index is 713. The lowest BCUT2D eigenvalue weighted by Crippen LogP contribution is -2.51. The van der Waals surface area contributed by atoms with Crippen molar-refractivity contribution in [2.75, 3.05) is 6.61 Å². The molecule has 3 fully saturated rings. The van der Waals surface area contributed by atoms with Crippen molar-refractivity contribution in [1.29, 1.82) is 0 Å². The van der Waals surface area contributed by atoms with Gasteiger partial charge in [-0.15, -0.1) is 12.4 Å². The molecule has 0 radical (unpaired) electrons. The zero-order valence-corrected chi connectivity index (χ0v) is 18.1. The standard InChI is InChI=1S/C23H32O4.ClH/c1-14(24)27-13-21(26)20-7-6-18-17-5-4-15-12-16(25)8-10-22(15,2)19(17)9-11-23(18,20)3;/h12,17-20H,4-11,13H2,1-3H3;1H/t17-,18-,19-,20+,22-,23-;/m0./s1. The molecule has 5 heteroatoms. The topological polar surface area (TPSA) is 60.4 Å². The number of carbonyl (C=O) groups excluding carboxylic acids is 3. The third-order valence-corrected chi connectivity index (χ3v) is 8.77. The second-order valence-corrected chi connectivity index (χ2v) is 9.89. The molecule has 0 N–H and O–H groups in total. The summed E-state index contributed by atoms with van der Waals surface area (Å²) >= 11 is 0. The molecule has 0 aliphatic heterocycles. The normalized spacial score (nSPS) is 41.7. The van der Waals surface area contributed by atoms with Gasteiger partial charge in [0.25, 0.3) is 0 Å². The van der Waals surface area contributed by atoms with Crippen molar-refractivity contribution in [3.8, 4) is 0 Å². The van der Waals surface area contributed by atoms with Gasteiger partial charge in [0.15, 0.2) is 11.6 Å². The Morgan fingerprint density at radius 2 is 1.82 bits per heavy atom. The highest BCUT2D eigenvalue weighted by molar-refractivity contribution is 5.91. The van der Waals surface area contributed by atoms with Crippen molar-refractivity contribution in [3.05, 3.63) is 11.6 Å². The first kappa shape index (κ1) is 21.5. The molecule has 0 amide bonds. The first-order valence-corrected chi connectivity index (χ1v) is 10.7. The predicted octanol–water partition coefficient (Wildman–Crippen LogP) is 4.69. The minimum Gasteiger partial charge on any atom is -0.458 e. The number of hydrogen-bond donors (Lipinski definition) is 0. The third kappa shape index (κ3) is 3.26. The van der Waals surface area contributed by atoms with Gasteiger partial charge >= 0.3 is 5.97 Å². The smallest absolute Gasteiger partial charge is 0.303 e. The highest BCUT2D eigenvalue weighted by atomic mass is 35.5. The van der Waals surface area contributed by atoms with E-state index in [9.17, 15) is 14.4 Å². The van der Waals surface area contributed by atoms with Crippen molar-refractivity contribution in [1.82, 2.24) is 0 Å². The van der Waals surface area contributed by atoms with Crippen molar-refractivity contribution in [3.63, 3.8) is 0 Å². The monoisotopic (exact) mass is 408 g/mol. The van der Waals surface area contributed by atoms with E-state index < -0.39 is 0 Å². The van der Waals surface area contributed by atoms with E-state index in [-0.39, 0.29) is 47.5 Å². The summed E-state index contributed by atoms with van der Waals surface area (Å²) in [6, 6.07) is 0. The zero-order chi connectivity index (χ0) is 19.4. The van der Waals surface area contributed by atoms with Gasteiger partial charge in [-0.3, -0.25) is 14.4 Å². The Morgan fingerprint density at radius 1 is 1.07 bits per heavy atom. The summed E-state index contributed by atoms with van der Waals surface area (Å²) in [6.07, 6.45) is 10.1. The quantitative estimate of drug-likeness (QED) is 0.635. The van der Waals surface area contributed by atoms with Gasteiger partial charge in [0, 0.05) is 19.3 Å². The molecule has 0 spiro atoms. The maximum Gasteiger partial charge on any atom is 0.303 e. The molecule has 4 aliphatic carbocycles. The Hall–Kier alpha value is -1.16. The van der Waals surface area contributed by atoms with E-state index in [0.717, 1.165) is 44.9 Å². The van der Waals surface area contributed by atoms with Crippen LogP contribution in [0.1, 0.15) is 72.1 Å². The number of fused-ring (bicyclic) bond motifs is 5. The number of carbonyl (C=O) groups is 3. The molecule has 28 heavy (non-hydrogen) atoms. The second kappa shape index (κ2) is 7.59. The lowest BCUT2D eigenvalue weighted by molar-refractivity contribution is -0.149. The van der Waals surface area contributed by atoms with Crippen LogP contribution in [0.4, 0.5) is 0 Å². The van der Waals surface area contributed by atoms with Crippen molar-refractivity contribution in [2.45, 2.75) is 72.1 Å². The van der Waals surface area contributed by atoms with E-state index in [4.69, 9.17) is 4.74 Å². The molecule has 3 saturated carbocycles. The zero-order valence-electron chi connectivity index (χ0n) is 17.3. The van der Waals surface area contributed by atoms with Crippen LogP contribution in [0.3, 0.4) is 0 Å². The average Bonchev–Trinajstić information content (AvgIpc) is 2.97. The van der Waals surface area contributed by atoms with E-state index in [0.29, 0.717) is 30.0 Å². The van der Waals surface area contributed by atoms with Crippen LogP contribution in [0.2, 0.25) is 0 Å². The summed E-state index contributed by atoms with van der Waals surface area (Å²) in [7, 11) is 0. The van der Waals surface area contributed by atoms with Crippen LogP contribution in [-0.2, 0) is 19.1 Å². The van der Waals surface area contributed by atoms with E-state index in [1.54, 1.807) is 0 Å². The molecule has 0 aromatic heterocycles. The van der Waals surface area contributed by atoms with Crippen molar-refractivity contribution in [2.24, 2.45) is 34.5 Å². The van der Waals surface area contributed by atoms with Gasteiger partial charge in [-0.1, -0.05) is 19.4 Å². The number of ketones is 2. The van der Waals surface area contributed by atoms with Gasteiger partial charge in [0.05, 0.1) is 0 Å². The summed E-state index contributed by atoms with van der Waals surface area (Å²) in [5.74, 6) is 1.95. The van der Waals surface area contributed by atoms with E-state index in [2.05, 4.69) is 13.8 Å². The largest absolute Gasteiger partial charge is 0.458 e. The predicted molar refractivity (Wildman–Crippen MR) is 109 cm³/mol. The van der Waals surface area contributed by atoms with Crippen LogP contribution in [0.15, 0.2) is 11.6 Å². The maximum absolute atomic E-state index is 12.8. The minimum absolute atomic E-state index is 0.